The molecule has 88 valence electrons. The minimum atomic E-state index is -0.0519. The lowest BCUT2D eigenvalue weighted by Gasteiger charge is -2.10. The molecule has 1 atom stereocenters. The molecule has 1 aliphatic rings. The highest BCUT2D eigenvalue weighted by molar-refractivity contribution is 5.30. The Morgan fingerprint density at radius 3 is 3.25 bits per heavy atom. The number of anilines is 1. The number of aryl methyl sites for hydroxylation is 1. The van der Waals surface area contributed by atoms with Gasteiger partial charge in [0, 0.05) is 38.0 Å². The van der Waals surface area contributed by atoms with Gasteiger partial charge in [0.25, 0.3) is 5.56 Å². The van der Waals surface area contributed by atoms with Gasteiger partial charge in [0.1, 0.15) is 0 Å². The van der Waals surface area contributed by atoms with E-state index < -0.39 is 0 Å². The van der Waals surface area contributed by atoms with Crippen molar-refractivity contribution in [2.75, 3.05) is 25.1 Å². The molecule has 1 unspecified atom stereocenters. The van der Waals surface area contributed by atoms with Gasteiger partial charge in [-0.1, -0.05) is 0 Å². The SMILES string of the molecule is CCn1ccnc(NCC2CCOC2)c1=O. The van der Waals surface area contributed by atoms with E-state index in [-0.39, 0.29) is 5.56 Å². The molecule has 0 radical (unpaired) electrons. The van der Waals surface area contributed by atoms with E-state index in [9.17, 15) is 4.79 Å². The first kappa shape index (κ1) is 11.1. The predicted octanol–water partition coefficient (Wildman–Crippen LogP) is 0.712. The molecule has 1 aromatic heterocycles. The molecular formula is C11H17N3O2. The first-order valence-electron chi connectivity index (χ1n) is 5.68. The zero-order chi connectivity index (χ0) is 11.4. The molecule has 2 rings (SSSR count). The second kappa shape index (κ2) is 5.12. The maximum atomic E-state index is 11.8. The van der Waals surface area contributed by atoms with Crippen LogP contribution < -0.4 is 10.9 Å². The molecular weight excluding hydrogens is 206 g/mol. The van der Waals surface area contributed by atoms with Crippen molar-refractivity contribution < 1.29 is 4.74 Å². The molecule has 2 heterocycles. The van der Waals surface area contributed by atoms with Gasteiger partial charge < -0.3 is 14.6 Å². The molecule has 0 spiro atoms. The summed E-state index contributed by atoms with van der Waals surface area (Å²) in [6.45, 7) is 4.98. The highest BCUT2D eigenvalue weighted by atomic mass is 16.5. The molecule has 0 bridgehead atoms. The van der Waals surface area contributed by atoms with Crippen molar-refractivity contribution in [3.8, 4) is 0 Å². The van der Waals surface area contributed by atoms with E-state index in [0.717, 1.165) is 26.2 Å². The van der Waals surface area contributed by atoms with Gasteiger partial charge in [0.2, 0.25) is 0 Å². The summed E-state index contributed by atoms with van der Waals surface area (Å²) in [5.74, 6) is 0.938. The van der Waals surface area contributed by atoms with E-state index in [2.05, 4.69) is 10.3 Å². The van der Waals surface area contributed by atoms with Gasteiger partial charge in [-0.3, -0.25) is 4.79 Å². The second-order valence-electron chi connectivity index (χ2n) is 3.98. The molecule has 1 saturated heterocycles. The summed E-state index contributed by atoms with van der Waals surface area (Å²) in [6, 6.07) is 0. The summed E-state index contributed by atoms with van der Waals surface area (Å²) in [5, 5.41) is 3.11. The van der Waals surface area contributed by atoms with Crippen molar-refractivity contribution in [2.24, 2.45) is 5.92 Å². The lowest BCUT2D eigenvalue weighted by atomic mass is 10.1. The molecule has 0 aliphatic carbocycles. The monoisotopic (exact) mass is 223 g/mol. The highest BCUT2D eigenvalue weighted by Crippen LogP contribution is 2.11. The molecule has 0 aromatic carbocycles. The molecule has 1 aliphatic heterocycles. The van der Waals surface area contributed by atoms with E-state index in [1.54, 1.807) is 17.0 Å². The number of ether oxygens (including phenoxy) is 1. The summed E-state index contributed by atoms with van der Waals surface area (Å²) in [6.07, 6.45) is 4.41. The largest absolute Gasteiger partial charge is 0.381 e. The van der Waals surface area contributed by atoms with Gasteiger partial charge in [-0.05, 0) is 13.3 Å². The fourth-order valence-corrected chi connectivity index (χ4v) is 1.80. The maximum Gasteiger partial charge on any atom is 0.293 e. The Kier molecular flexibility index (Phi) is 3.56. The molecule has 0 saturated carbocycles. The second-order valence-corrected chi connectivity index (χ2v) is 3.98. The van der Waals surface area contributed by atoms with E-state index >= 15 is 0 Å². The summed E-state index contributed by atoms with van der Waals surface area (Å²) in [5.41, 5.74) is -0.0519. The number of aromatic nitrogens is 2. The van der Waals surface area contributed by atoms with Gasteiger partial charge in [-0.15, -0.1) is 0 Å². The topological polar surface area (TPSA) is 56.1 Å². The lowest BCUT2D eigenvalue weighted by molar-refractivity contribution is 0.187. The van der Waals surface area contributed by atoms with Crippen molar-refractivity contribution in [2.45, 2.75) is 19.9 Å². The zero-order valence-corrected chi connectivity index (χ0v) is 9.48. The van der Waals surface area contributed by atoms with Crippen LogP contribution in [0.15, 0.2) is 17.2 Å². The van der Waals surface area contributed by atoms with Crippen molar-refractivity contribution in [1.29, 1.82) is 0 Å². The average molecular weight is 223 g/mol. The zero-order valence-electron chi connectivity index (χ0n) is 9.48. The van der Waals surface area contributed by atoms with Gasteiger partial charge in [0.05, 0.1) is 6.61 Å². The standard InChI is InChI=1S/C11H17N3O2/c1-2-14-5-4-12-10(11(14)15)13-7-9-3-6-16-8-9/h4-5,9H,2-3,6-8H2,1H3,(H,12,13). The number of hydrogen-bond acceptors (Lipinski definition) is 4. The molecule has 5 nitrogen and oxygen atoms in total. The van der Waals surface area contributed by atoms with Crippen LogP contribution in [-0.4, -0.2) is 29.3 Å². The van der Waals surface area contributed by atoms with Crippen LogP contribution in [0.1, 0.15) is 13.3 Å². The van der Waals surface area contributed by atoms with Crippen LogP contribution in [-0.2, 0) is 11.3 Å². The Hall–Kier alpha value is -1.36. The van der Waals surface area contributed by atoms with Crippen LogP contribution in [0.5, 0.6) is 0 Å². The number of nitrogens with one attached hydrogen (secondary N) is 1. The molecule has 5 heteroatoms. The van der Waals surface area contributed by atoms with Crippen LogP contribution in [0.3, 0.4) is 0 Å². The third kappa shape index (κ3) is 2.41. The Morgan fingerprint density at radius 1 is 1.69 bits per heavy atom. The summed E-state index contributed by atoms with van der Waals surface area (Å²) in [7, 11) is 0. The van der Waals surface area contributed by atoms with Gasteiger partial charge in [-0.2, -0.15) is 0 Å². The van der Waals surface area contributed by atoms with E-state index in [1.165, 1.54) is 0 Å². The van der Waals surface area contributed by atoms with Crippen molar-refractivity contribution in [3.63, 3.8) is 0 Å². The fourth-order valence-electron chi connectivity index (χ4n) is 1.80. The Bertz CT molecular complexity index is 396. The van der Waals surface area contributed by atoms with Crippen molar-refractivity contribution >= 4 is 5.82 Å². The van der Waals surface area contributed by atoms with Gasteiger partial charge in [0.15, 0.2) is 5.82 Å². The molecule has 16 heavy (non-hydrogen) atoms. The summed E-state index contributed by atoms with van der Waals surface area (Å²) in [4.78, 5) is 15.9. The Morgan fingerprint density at radius 2 is 2.56 bits per heavy atom. The van der Waals surface area contributed by atoms with E-state index in [0.29, 0.717) is 18.3 Å². The quantitative estimate of drug-likeness (QED) is 0.816. The smallest absolute Gasteiger partial charge is 0.293 e. The van der Waals surface area contributed by atoms with Crippen LogP contribution in [0.4, 0.5) is 5.82 Å². The fraction of sp³-hybridized carbons (Fsp3) is 0.636. The molecule has 1 N–H and O–H groups in total. The Balaban J connectivity index is 2.00. The number of rotatable bonds is 4. The van der Waals surface area contributed by atoms with E-state index in [1.807, 2.05) is 6.92 Å². The van der Waals surface area contributed by atoms with E-state index in [4.69, 9.17) is 4.74 Å². The van der Waals surface area contributed by atoms with Crippen LogP contribution in [0, 0.1) is 5.92 Å². The normalized spacial score (nSPS) is 19.9. The van der Waals surface area contributed by atoms with Crippen molar-refractivity contribution in [3.05, 3.63) is 22.7 Å². The lowest BCUT2D eigenvalue weighted by Crippen LogP contribution is -2.26. The van der Waals surface area contributed by atoms with Gasteiger partial charge >= 0.3 is 0 Å². The predicted molar refractivity (Wildman–Crippen MR) is 61.6 cm³/mol. The van der Waals surface area contributed by atoms with Crippen LogP contribution in [0.2, 0.25) is 0 Å². The number of hydrogen-bond donors (Lipinski definition) is 1. The van der Waals surface area contributed by atoms with Crippen LogP contribution >= 0.6 is 0 Å². The minimum Gasteiger partial charge on any atom is -0.381 e. The van der Waals surface area contributed by atoms with Crippen molar-refractivity contribution in [1.82, 2.24) is 9.55 Å². The third-order valence-corrected chi connectivity index (χ3v) is 2.84. The van der Waals surface area contributed by atoms with Gasteiger partial charge in [-0.25, -0.2) is 4.98 Å². The molecule has 1 fully saturated rings. The molecule has 1 aromatic rings. The first-order chi connectivity index (χ1) is 7.81. The first-order valence-corrected chi connectivity index (χ1v) is 5.68. The average Bonchev–Trinajstić information content (AvgIpc) is 2.81. The summed E-state index contributed by atoms with van der Waals surface area (Å²) >= 11 is 0. The minimum absolute atomic E-state index is 0.0519. The number of nitrogens with zero attached hydrogens (tertiary/aromatic N) is 2. The summed E-state index contributed by atoms with van der Waals surface area (Å²) < 4.78 is 6.92. The third-order valence-electron chi connectivity index (χ3n) is 2.84. The highest BCUT2D eigenvalue weighted by Gasteiger charge is 2.15. The molecule has 0 amide bonds. The maximum absolute atomic E-state index is 11.8. The van der Waals surface area contributed by atoms with Crippen LogP contribution in [0.25, 0.3) is 0 Å². The Labute approximate surface area is 94.5 Å².